The van der Waals surface area contributed by atoms with E-state index in [1.54, 1.807) is 13.0 Å². The van der Waals surface area contributed by atoms with Crippen molar-refractivity contribution in [1.29, 1.82) is 0 Å². The summed E-state index contributed by atoms with van der Waals surface area (Å²) in [6, 6.07) is 4.26. The first kappa shape index (κ1) is 20.6. The number of aryl methyl sites for hydroxylation is 1. The van der Waals surface area contributed by atoms with Crippen LogP contribution in [0.25, 0.3) is 0 Å². The summed E-state index contributed by atoms with van der Waals surface area (Å²) in [5.74, 6) is -1.94. The van der Waals surface area contributed by atoms with Crippen LogP contribution in [0, 0.1) is 6.92 Å². The fourth-order valence-electron chi connectivity index (χ4n) is 1.75. The molecule has 0 bridgehead atoms. The van der Waals surface area contributed by atoms with Gasteiger partial charge in [-0.05, 0) is 45.4 Å². The Morgan fingerprint density at radius 1 is 1.21 bits per heavy atom. The van der Waals surface area contributed by atoms with Gasteiger partial charge in [-0.25, -0.2) is 22.3 Å². The summed E-state index contributed by atoms with van der Waals surface area (Å²) in [6.45, 7) is 6.00. The number of nitrogens with one attached hydrogen (secondary N) is 2. The molecule has 1 rings (SSSR count). The standard InChI is InChI=1S/C14H22N2O6S2/c1-10-6-5-7-11(8-10)24(21,22)16-12(13(17)15-18)9-23(19,20)14(2,3)4/h5-8,12,16,18H,9H2,1-4H3,(H,15,17). The second kappa shape index (κ2) is 7.18. The summed E-state index contributed by atoms with van der Waals surface area (Å²) in [5.41, 5.74) is 1.98. The van der Waals surface area contributed by atoms with Crippen LogP contribution in [-0.4, -0.2) is 44.5 Å². The molecule has 3 N–H and O–H groups in total. The lowest BCUT2D eigenvalue weighted by molar-refractivity contribution is -0.130. The van der Waals surface area contributed by atoms with Crippen LogP contribution in [0.2, 0.25) is 0 Å². The van der Waals surface area contributed by atoms with E-state index in [1.165, 1.54) is 44.5 Å². The molecule has 8 nitrogen and oxygen atoms in total. The van der Waals surface area contributed by atoms with E-state index >= 15 is 0 Å². The summed E-state index contributed by atoms with van der Waals surface area (Å²) in [6.07, 6.45) is 0. The van der Waals surface area contributed by atoms with Crippen LogP contribution in [0.4, 0.5) is 0 Å². The van der Waals surface area contributed by atoms with Gasteiger partial charge < -0.3 is 0 Å². The van der Waals surface area contributed by atoms with Crippen molar-refractivity contribution in [1.82, 2.24) is 10.2 Å². The van der Waals surface area contributed by atoms with E-state index in [2.05, 4.69) is 0 Å². The van der Waals surface area contributed by atoms with Crippen LogP contribution >= 0.6 is 0 Å². The van der Waals surface area contributed by atoms with Gasteiger partial charge >= 0.3 is 0 Å². The van der Waals surface area contributed by atoms with Gasteiger partial charge in [0.05, 0.1) is 15.4 Å². The zero-order valence-corrected chi connectivity index (χ0v) is 15.5. The van der Waals surface area contributed by atoms with Crippen LogP contribution < -0.4 is 10.2 Å². The smallest absolute Gasteiger partial charge is 0.262 e. The Morgan fingerprint density at radius 3 is 2.25 bits per heavy atom. The molecular formula is C14H22N2O6S2. The fourth-order valence-corrected chi connectivity index (χ4v) is 4.33. The number of sulfonamides is 1. The third kappa shape index (κ3) is 5.00. The van der Waals surface area contributed by atoms with Gasteiger partial charge in [0.2, 0.25) is 10.0 Å². The largest absolute Gasteiger partial charge is 0.289 e. The first-order chi connectivity index (χ1) is 10.8. The number of sulfone groups is 1. The number of hydroxylamine groups is 1. The topological polar surface area (TPSA) is 130 Å². The molecule has 0 heterocycles. The highest BCUT2D eigenvalue weighted by Gasteiger charge is 2.36. The van der Waals surface area contributed by atoms with E-state index in [-0.39, 0.29) is 4.90 Å². The van der Waals surface area contributed by atoms with Crippen LogP contribution in [-0.2, 0) is 24.7 Å². The zero-order valence-electron chi connectivity index (χ0n) is 13.9. The van der Waals surface area contributed by atoms with Crippen molar-refractivity contribution in [3.05, 3.63) is 29.8 Å². The number of rotatable bonds is 6. The van der Waals surface area contributed by atoms with Crippen molar-refractivity contribution in [2.75, 3.05) is 5.75 Å². The minimum atomic E-state index is -4.14. The summed E-state index contributed by atoms with van der Waals surface area (Å²) >= 11 is 0. The first-order valence-corrected chi connectivity index (χ1v) is 10.2. The summed E-state index contributed by atoms with van der Waals surface area (Å²) in [4.78, 5) is 11.6. The van der Waals surface area contributed by atoms with E-state index < -0.39 is 42.3 Å². The van der Waals surface area contributed by atoms with Gasteiger partial charge in [0, 0.05) is 0 Å². The number of hydrogen-bond donors (Lipinski definition) is 3. The lowest BCUT2D eigenvalue weighted by Crippen LogP contribution is -2.51. The molecule has 0 saturated carbocycles. The molecule has 0 saturated heterocycles. The number of hydrogen-bond acceptors (Lipinski definition) is 6. The molecule has 1 aromatic rings. The molecule has 136 valence electrons. The van der Waals surface area contributed by atoms with Crippen molar-refractivity contribution in [3.8, 4) is 0 Å². The molecule has 0 fully saturated rings. The molecule has 24 heavy (non-hydrogen) atoms. The number of amides is 1. The Bertz CT molecular complexity index is 810. The maximum absolute atomic E-state index is 12.4. The van der Waals surface area contributed by atoms with Gasteiger partial charge in [0.25, 0.3) is 5.91 Å². The quantitative estimate of drug-likeness (QED) is 0.484. The average molecular weight is 378 g/mol. The maximum atomic E-state index is 12.4. The minimum Gasteiger partial charge on any atom is -0.289 e. The molecule has 1 aromatic carbocycles. The molecule has 0 aliphatic rings. The second-order valence-electron chi connectivity index (χ2n) is 6.36. The number of carbonyl (C=O) groups is 1. The molecule has 10 heteroatoms. The lowest BCUT2D eigenvalue weighted by Gasteiger charge is -2.23. The molecule has 0 spiro atoms. The Kier molecular flexibility index (Phi) is 6.15. The normalized spacial score (nSPS) is 14.2. The van der Waals surface area contributed by atoms with Crippen LogP contribution in [0.5, 0.6) is 0 Å². The fraction of sp³-hybridized carbons (Fsp3) is 0.500. The van der Waals surface area contributed by atoms with E-state index in [1.807, 2.05) is 4.72 Å². The van der Waals surface area contributed by atoms with Gasteiger partial charge in [0.15, 0.2) is 9.84 Å². The Labute approximate surface area is 142 Å². The van der Waals surface area contributed by atoms with Crippen LogP contribution in [0.15, 0.2) is 29.2 Å². The van der Waals surface area contributed by atoms with Crippen molar-refractivity contribution in [2.24, 2.45) is 0 Å². The molecule has 0 radical (unpaired) electrons. The van der Waals surface area contributed by atoms with E-state index in [0.717, 1.165) is 0 Å². The number of carbonyl (C=O) groups excluding carboxylic acids is 1. The highest BCUT2D eigenvalue weighted by Crippen LogP contribution is 2.18. The maximum Gasteiger partial charge on any atom is 0.262 e. The van der Waals surface area contributed by atoms with Crippen molar-refractivity contribution < 1.29 is 26.8 Å². The summed E-state index contributed by atoms with van der Waals surface area (Å²) in [5, 5.41) is 8.79. The Balaban J connectivity index is 3.18. The van der Waals surface area contributed by atoms with Crippen LogP contribution in [0.1, 0.15) is 26.3 Å². The zero-order chi connectivity index (χ0) is 18.8. The van der Waals surface area contributed by atoms with E-state index in [9.17, 15) is 21.6 Å². The SMILES string of the molecule is Cc1cccc(S(=O)(=O)NC(CS(=O)(=O)C(C)(C)C)C(=O)NO)c1. The molecular weight excluding hydrogens is 356 g/mol. The van der Waals surface area contributed by atoms with E-state index in [0.29, 0.717) is 5.56 Å². The molecule has 1 atom stereocenters. The van der Waals surface area contributed by atoms with Gasteiger partial charge in [-0.15, -0.1) is 0 Å². The minimum absolute atomic E-state index is 0.105. The third-order valence-electron chi connectivity index (χ3n) is 3.34. The average Bonchev–Trinajstić information content (AvgIpc) is 2.44. The molecule has 1 unspecified atom stereocenters. The third-order valence-corrected chi connectivity index (χ3v) is 7.45. The van der Waals surface area contributed by atoms with Crippen molar-refractivity contribution in [2.45, 2.75) is 43.4 Å². The summed E-state index contributed by atoms with van der Waals surface area (Å²) in [7, 11) is -7.96. The van der Waals surface area contributed by atoms with Gasteiger partial charge in [-0.1, -0.05) is 12.1 Å². The number of benzene rings is 1. The predicted molar refractivity (Wildman–Crippen MR) is 88.8 cm³/mol. The van der Waals surface area contributed by atoms with Crippen LogP contribution in [0.3, 0.4) is 0 Å². The molecule has 0 aliphatic heterocycles. The van der Waals surface area contributed by atoms with Crippen molar-refractivity contribution in [3.63, 3.8) is 0 Å². The molecule has 0 aliphatic carbocycles. The lowest BCUT2D eigenvalue weighted by atomic mass is 10.2. The van der Waals surface area contributed by atoms with Crippen molar-refractivity contribution >= 4 is 25.8 Å². The highest BCUT2D eigenvalue weighted by molar-refractivity contribution is 7.93. The molecule has 1 amide bonds. The van der Waals surface area contributed by atoms with Gasteiger partial charge in [-0.2, -0.15) is 4.72 Å². The predicted octanol–water partition coefficient (Wildman–Crippen LogP) is 0.361. The van der Waals surface area contributed by atoms with E-state index in [4.69, 9.17) is 5.21 Å². The highest BCUT2D eigenvalue weighted by atomic mass is 32.2. The monoisotopic (exact) mass is 378 g/mol. The van der Waals surface area contributed by atoms with Gasteiger partial charge in [0.1, 0.15) is 6.04 Å². The van der Waals surface area contributed by atoms with Gasteiger partial charge in [-0.3, -0.25) is 10.0 Å². The molecule has 0 aromatic heterocycles. The summed E-state index contributed by atoms with van der Waals surface area (Å²) < 4.78 is 50.1. The second-order valence-corrected chi connectivity index (χ2v) is 10.9. The first-order valence-electron chi connectivity index (χ1n) is 7.05. The Morgan fingerprint density at radius 2 is 1.79 bits per heavy atom. The Hall–Kier alpha value is -1.49.